The Balaban J connectivity index is 0.00000289. The standard InChI is InChI=1S/C11H16N4O2.ClH/c1-7(12)5-10(16)14-8-3-2-4-9(6-8)15-11(13)17;/h2-4,6-7H,5,12H2,1H3,(H,14,16)(H3,13,15,17);1H. The number of carbonyl (C=O) groups is 2. The van der Waals surface area contributed by atoms with E-state index in [4.69, 9.17) is 11.5 Å². The lowest BCUT2D eigenvalue weighted by Crippen LogP contribution is -2.24. The minimum atomic E-state index is -0.649. The maximum Gasteiger partial charge on any atom is 0.316 e. The van der Waals surface area contributed by atoms with Crippen molar-refractivity contribution in [1.82, 2.24) is 0 Å². The van der Waals surface area contributed by atoms with Gasteiger partial charge in [0.2, 0.25) is 5.91 Å². The fraction of sp³-hybridized carbons (Fsp3) is 0.273. The lowest BCUT2D eigenvalue weighted by molar-refractivity contribution is -0.116. The van der Waals surface area contributed by atoms with Crippen LogP contribution >= 0.6 is 12.4 Å². The van der Waals surface area contributed by atoms with Crippen molar-refractivity contribution >= 4 is 35.7 Å². The number of anilines is 2. The summed E-state index contributed by atoms with van der Waals surface area (Å²) in [7, 11) is 0. The molecule has 1 atom stereocenters. The Morgan fingerprint density at radius 1 is 1.28 bits per heavy atom. The van der Waals surface area contributed by atoms with Gasteiger partial charge in [0, 0.05) is 23.8 Å². The smallest absolute Gasteiger partial charge is 0.316 e. The largest absolute Gasteiger partial charge is 0.351 e. The molecule has 1 aromatic carbocycles. The minimum absolute atomic E-state index is 0. The van der Waals surface area contributed by atoms with Crippen molar-refractivity contribution < 1.29 is 9.59 Å². The average molecular weight is 273 g/mol. The highest BCUT2D eigenvalue weighted by Crippen LogP contribution is 2.15. The first kappa shape index (κ1) is 16.2. The van der Waals surface area contributed by atoms with Crippen molar-refractivity contribution in [2.24, 2.45) is 11.5 Å². The van der Waals surface area contributed by atoms with Crippen LogP contribution in [0.2, 0.25) is 0 Å². The molecule has 0 spiro atoms. The molecule has 0 radical (unpaired) electrons. The number of carbonyl (C=O) groups excluding carboxylic acids is 2. The molecule has 0 saturated heterocycles. The molecule has 0 fully saturated rings. The van der Waals surface area contributed by atoms with E-state index < -0.39 is 6.03 Å². The van der Waals surface area contributed by atoms with Gasteiger partial charge in [0.1, 0.15) is 0 Å². The molecule has 6 nitrogen and oxygen atoms in total. The van der Waals surface area contributed by atoms with E-state index in [1.807, 2.05) is 0 Å². The summed E-state index contributed by atoms with van der Waals surface area (Å²) in [6.45, 7) is 1.75. The van der Waals surface area contributed by atoms with Gasteiger partial charge < -0.3 is 22.1 Å². The summed E-state index contributed by atoms with van der Waals surface area (Å²) in [5, 5.41) is 5.10. The number of amides is 3. The van der Waals surface area contributed by atoms with Gasteiger partial charge in [-0.05, 0) is 25.1 Å². The van der Waals surface area contributed by atoms with Crippen molar-refractivity contribution in [2.45, 2.75) is 19.4 Å². The molecule has 0 heterocycles. The van der Waals surface area contributed by atoms with Crippen LogP contribution < -0.4 is 22.1 Å². The first-order valence-electron chi connectivity index (χ1n) is 5.19. The van der Waals surface area contributed by atoms with Crippen LogP contribution in [0, 0.1) is 0 Å². The topological polar surface area (TPSA) is 110 Å². The number of nitrogens with one attached hydrogen (secondary N) is 2. The van der Waals surface area contributed by atoms with Gasteiger partial charge in [-0.2, -0.15) is 0 Å². The van der Waals surface area contributed by atoms with Crippen LogP contribution in [0.4, 0.5) is 16.2 Å². The second-order valence-electron chi connectivity index (χ2n) is 3.80. The van der Waals surface area contributed by atoms with E-state index in [1.54, 1.807) is 31.2 Å². The van der Waals surface area contributed by atoms with Crippen molar-refractivity contribution in [1.29, 1.82) is 0 Å². The summed E-state index contributed by atoms with van der Waals surface area (Å²) < 4.78 is 0. The van der Waals surface area contributed by atoms with E-state index in [2.05, 4.69) is 10.6 Å². The molecule has 100 valence electrons. The van der Waals surface area contributed by atoms with E-state index in [-0.39, 0.29) is 30.8 Å². The van der Waals surface area contributed by atoms with Crippen LogP contribution in [-0.4, -0.2) is 18.0 Å². The Kier molecular flexibility index (Phi) is 6.77. The minimum Gasteiger partial charge on any atom is -0.351 e. The van der Waals surface area contributed by atoms with Crippen LogP contribution in [-0.2, 0) is 4.79 Å². The van der Waals surface area contributed by atoms with Crippen molar-refractivity contribution in [3.05, 3.63) is 24.3 Å². The second-order valence-corrected chi connectivity index (χ2v) is 3.80. The molecule has 0 bridgehead atoms. The lowest BCUT2D eigenvalue weighted by Gasteiger charge is -2.08. The van der Waals surface area contributed by atoms with E-state index in [1.165, 1.54) is 0 Å². The number of benzene rings is 1. The predicted octanol–water partition coefficient (Wildman–Crippen LogP) is 1.27. The third kappa shape index (κ3) is 6.07. The number of rotatable bonds is 4. The Labute approximate surface area is 112 Å². The summed E-state index contributed by atoms with van der Waals surface area (Å²) in [6.07, 6.45) is 0.244. The number of halogens is 1. The number of hydrogen-bond donors (Lipinski definition) is 4. The fourth-order valence-corrected chi connectivity index (χ4v) is 1.32. The molecule has 7 heteroatoms. The molecular weight excluding hydrogens is 256 g/mol. The average Bonchev–Trinajstić information content (AvgIpc) is 2.14. The van der Waals surface area contributed by atoms with Gasteiger partial charge in [-0.25, -0.2) is 4.79 Å². The summed E-state index contributed by atoms with van der Waals surface area (Å²) in [5.74, 6) is -0.170. The fourth-order valence-electron chi connectivity index (χ4n) is 1.32. The predicted molar refractivity (Wildman–Crippen MR) is 73.8 cm³/mol. The number of hydrogen-bond acceptors (Lipinski definition) is 3. The van der Waals surface area contributed by atoms with Gasteiger partial charge in [0.15, 0.2) is 0 Å². The van der Waals surface area contributed by atoms with E-state index >= 15 is 0 Å². The summed E-state index contributed by atoms with van der Waals surface area (Å²) in [5.41, 5.74) is 11.6. The van der Waals surface area contributed by atoms with Crippen LogP contribution in [0.15, 0.2) is 24.3 Å². The first-order chi connectivity index (χ1) is 7.97. The van der Waals surface area contributed by atoms with Crippen molar-refractivity contribution in [2.75, 3.05) is 10.6 Å². The SMILES string of the molecule is CC(N)CC(=O)Nc1cccc(NC(N)=O)c1.Cl. The van der Waals surface area contributed by atoms with Gasteiger partial charge in [-0.3, -0.25) is 4.79 Å². The molecule has 0 aliphatic rings. The second kappa shape index (κ2) is 7.52. The molecule has 0 aliphatic carbocycles. The van der Waals surface area contributed by atoms with Gasteiger partial charge >= 0.3 is 6.03 Å². The molecule has 18 heavy (non-hydrogen) atoms. The highest BCUT2D eigenvalue weighted by molar-refractivity contribution is 5.93. The summed E-state index contributed by atoms with van der Waals surface area (Å²) >= 11 is 0. The van der Waals surface area contributed by atoms with Crippen LogP contribution in [0.25, 0.3) is 0 Å². The van der Waals surface area contributed by atoms with Crippen LogP contribution in [0.5, 0.6) is 0 Å². The molecule has 1 rings (SSSR count). The third-order valence-electron chi connectivity index (χ3n) is 1.92. The van der Waals surface area contributed by atoms with E-state index in [0.717, 1.165) is 0 Å². The lowest BCUT2D eigenvalue weighted by atomic mass is 10.2. The molecule has 0 aliphatic heterocycles. The van der Waals surface area contributed by atoms with Crippen LogP contribution in [0.3, 0.4) is 0 Å². The zero-order valence-corrected chi connectivity index (χ0v) is 10.8. The maximum atomic E-state index is 11.5. The normalized spacial score (nSPS) is 11.0. The third-order valence-corrected chi connectivity index (χ3v) is 1.92. The molecule has 0 saturated carbocycles. The highest BCUT2D eigenvalue weighted by atomic mass is 35.5. The number of nitrogens with two attached hydrogens (primary N) is 2. The Hall–Kier alpha value is -1.79. The number of urea groups is 1. The summed E-state index contributed by atoms with van der Waals surface area (Å²) in [4.78, 5) is 22.1. The van der Waals surface area contributed by atoms with E-state index in [9.17, 15) is 9.59 Å². The first-order valence-corrected chi connectivity index (χ1v) is 5.19. The van der Waals surface area contributed by atoms with Gasteiger partial charge in [-0.1, -0.05) is 6.07 Å². The zero-order valence-electron chi connectivity index (χ0n) is 9.97. The zero-order chi connectivity index (χ0) is 12.8. The number of primary amides is 1. The van der Waals surface area contributed by atoms with Gasteiger partial charge in [0.25, 0.3) is 0 Å². The van der Waals surface area contributed by atoms with E-state index in [0.29, 0.717) is 11.4 Å². The Bertz CT molecular complexity index is 423. The molecule has 3 amide bonds. The Morgan fingerprint density at radius 3 is 2.33 bits per heavy atom. The molecule has 6 N–H and O–H groups in total. The quantitative estimate of drug-likeness (QED) is 0.662. The van der Waals surface area contributed by atoms with Gasteiger partial charge in [0.05, 0.1) is 0 Å². The highest BCUT2D eigenvalue weighted by Gasteiger charge is 2.06. The molecular formula is C11H17ClN4O2. The maximum absolute atomic E-state index is 11.5. The van der Waals surface area contributed by atoms with Crippen molar-refractivity contribution in [3.8, 4) is 0 Å². The monoisotopic (exact) mass is 272 g/mol. The van der Waals surface area contributed by atoms with Gasteiger partial charge in [-0.15, -0.1) is 12.4 Å². The van der Waals surface area contributed by atoms with Crippen LogP contribution in [0.1, 0.15) is 13.3 Å². The molecule has 1 aromatic rings. The molecule has 0 aromatic heterocycles. The molecule has 1 unspecified atom stereocenters. The van der Waals surface area contributed by atoms with Crippen molar-refractivity contribution in [3.63, 3.8) is 0 Å². The summed E-state index contributed by atoms with van der Waals surface area (Å²) in [6, 6.07) is 5.86. The Morgan fingerprint density at radius 2 is 1.83 bits per heavy atom.